The number of unbranched alkanes of at least 4 members (excludes halogenated alkanes) is 1. The molecule has 96 valence electrons. The highest BCUT2D eigenvalue weighted by Gasteiger charge is 2.14. The molecule has 0 aliphatic rings. The van der Waals surface area contributed by atoms with Crippen LogP contribution in [-0.4, -0.2) is 14.2 Å². The van der Waals surface area contributed by atoms with Crippen molar-refractivity contribution in [3.8, 4) is 0 Å². The summed E-state index contributed by atoms with van der Waals surface area (Å²) in [6.45, 7) is 5.75. The van der Waals surface area contributed by atoms with Gasteiger partial charge >= 0.3 is 0 Å². The van der Waals surface area contributed by atoms with Crippen LogP contribution in [0.3, 0.4) is 0 Å². The zero-order chi connectivity index (χ0) is 13.1. The topological polar surface area (TPSA) is 72.2 Å². The van der Waals surface area contributed by atoms with Gasteiger partial charge in [0.2, 0.25) is 10.0 Å². The maximum absolute atomic E-state index is 11.8. The molecule has 0 saturated carbocycles. The van der Waals surface area contributed by atoms with Crippen molar-refractivity contribution in [1.29, 1.82) is 0 Å². The molecule has 1 aromatic carbocycles. The van der Waals surface area contributed by atoms with Crippen LogP contribution < -0.4 is 10.5 Å². The molecule has 0 aromatic heterocycles. The van der Waals surface area contributed by atoms with Crippen LogP contribution in [0, 0.1) is 13.8 Å². The molecular formula is C12H20N2O2S. The van der Waals surface area contributed by atoms with Gasteiger partial charge in [0.25, 0.3) is 0 Å². The van der Waals surface area contributed by atoms with Crippen molar-refractivity contribution >= 4 is 21.4 Å². The van der Waals surface area contributed by atoms with Crippen LogP contribution in [-0.2, 0) is 10.0 Å². The van der Waals surface area contributed by atoms with E-state index < -0.39 is 10.0 Å². The Bertz CT molecular complexity index is 495. The molecule has 0 unspecified atom stereocenters. The number of sulfonamides is 1. The van der Waals surface area contributed by atoms with Crippen LogP contribution in [0.15, 0.2) is 12.1 Å². The van der Waals surface area contributed by atoms with E-state index in [1.54, 1.807) is 6.07 Å². The Labute approximate surface area is 103 Å². The Kier molecular flexibility index (Phi) is 4.40. The molecule has 0 amide bonds. The van der Waals surface area contributed by atoms with Gasteiger partial charge in [-0.2, -0.15) is 0 Å². The Morgan fingerprint density at radius 2 is 1.94 bits per heavy atom. The molecule has 0 aliphatic heterocycles. The van der Waals surface area contributed by atoms with Gasteiger partial charge in [0.15, 0.2) is 0 Å². The van der Waals surface area contributed by atoms with E-state index in [2.05, 4.69) is 4.72 Å². The minimum Gasteiger partial charge on any atom is -0.397 e. The van der Waals surface area contributed by atoms with Crippen molar-refractivity contribution in [2.45, 2.75) is 33.6 Å². The van der Waals surface area contributed by atoms with Crippen LogP contribution >= 0.6 is 0 Å². The molecule has 1 rings (SSSR count). The smallest absolute Gasteiger partial charge is 0.232 e. The van der Waals surface area contributed by atoms with E-state index in [4.69, 9.17) is 5.73 Å². The van der Waals surface area contributed by atoms with Crippen molar-refractivity contribution in [3.63, 3.8) is 0 Å². The Hall–Kier alpha value is -1.23. The third-order valence-electron chi connectivity index (χ3n) is 2.79. The minimum absolute atomic E-state index is 0.135. The highest BCUT2D eigenvalue weighted by molar-refractivity contribution is 7.92. The van der Waals surface area contributed by atoms with Gasteiger partial charge in [-0.15, -0.1) is 0 Å². The quantitative estimate of drug-likeness (QED) is 0.795. The molecule has 1 aromatic rings. The summed E-state index contributed by atoms with van der Waals surface area (Å²) in [4.78, 5) is 0. The number of nitrogen functional groups attached to an aromatic ring is 1. The Morgan fingerprint density at radius 3 is 2.53 bits per heavy atom. The third kappa shape index (κ3) is 3.63. The van der Waals surface area contributed by atoms with E-state index in [0.29, 0.717) is 17.8 Å². The first kappa shape index (κ1) is 13.8. The van der Waals surface area contributed by atoms with E-state index in [1.165, 1.54) is 0 Å². The summed E-state index contributed by atoms with van der Waals surface area (Å²) < 4.78 is 26.2. The largest absolute Gasteiger partial charge is 0.397 e. The van der Waals surface area contributed by atoms with Crippen molar-refractivity contribution in [3.05, 3.63) is 23.3 Å². The number of nitrogens with two attached hydrogens (primary N) is 1. The number of rotatable bonds is 5. The van der Waals surface area contributed by atoms with Gasteiger partial charge in [0, 0.05) is 0 Å². The van der Waals surface area contributed by atoms with Gasteiger partial charge in [-0.05, 0) is 37.5 Å². The summed E-state index contributed by atoms with van der Waals surface area (Å²) in [5.41, 5.74) is 8.68. The third-order valence-corrected chi connectivity index (χ3v) is 4.13. The van der Waals surface area contributed by atoms with Crippen molar-refractivity contribution in [1.82, 2.24) is 0 Å². The highest BCUT2D eigenvalue weighted by Crippen LogP contribution is 2.26. The molecule has 0 saturated heterocycles. The molecule has 0 spiro atoms. The molecule has 0 aliphatic carbocycles. The zero-order valence-corrected chi connectivity index (χ0v) is 11.4. The predicted molar refractivity (Wildman–Crippen MR) is 72.6 cm³/mol. The lowest BCUT2D eigenvalue weighted by molar-refractivity contribution is 0.598. The second-order valence-electron chi connectivity index (χ2n) is 4.25. The summed E-state index contributed by atoms with van der Waals surface area (Å²) in [5.74, 6) is 0.135. The normalized spacial score (nSPS) is 11.5. The predicted octanol–water partition coefficient (Wildman–Crippen LogP) is 2.43. The summed E-state index contributed by atoms with van der Waals surface area (Å²) in [7, 11) is -3.29. The van der Waals surface area contributed by atoms with E-state index in [-0.39, 0.29) is 5.75 Å². The van der Waals surface area contributed by atoms with E-state index >= 15 is 0 Å². The SMILES string of the molecule is CCCCS(=O)(=O)Nc1c(N)ccc(C)c1C. The molecule has 17 heavy (non-hydrogen) atoms. The fourth-order valence-electron chi connectivity index (χ4n) is 1.51. The summed E-state index contributed by atoms with van der Waals surface area (Å²) in [6.07, 6.45) is 1.50. The molecular weight excluding hydrogens is 236 g/mol. The van der Waals surface area contributed by atoms with Crippen LogP contribution in [0.1, 0.15) is 30.9 Å². The van der Waals surface area contributed by atoms with E-state index in [9.17, 15) is 8.42 Å². The van der Waals surface area contributed by atoms with Crippen LogP contribution in [0.25, 0.3) is 0 Å². The van der Waals surface area contributed by atoms with Gasteiger partial charge in [0.1, 0.15) is 0 Å². The van der Waals surface area contributed by atoms with E-state index in [0.717, 1.165) is 17.5 Å². The maximum atomic E-state index is 11.8. The molecule has 0 atom stereocenters. The minimum atomic E-state index is -3.29. The van der Waals surface area contributed by atoms with Gasteiger partial charge in [-0.25, -0.2) is 8.42 Å². The summed E-state index contributed by atoms with van der Waals surface area (Å²) >= 11 is 0. The molecule has 0 radical (unpaired) electrons. The number of benzene rings is 1. The van der Waals surface area contributed by atoms with Crippen molar-refractivity contribution < 1.29 is 8.42 Å². The molecule has 0 heterocycles. The molecule has 0 bridgehead atoms. The second-order valence-corrected chi connectivity index (χ2v) is 6.09. The van der Waals surface area contributed by atoms with Crippen LogP contribution in [0.4, 0.5) is 11.4 Å². The molecule has 0 fully saturated rings. The van der Waals surface area contributed by atoms with E-state index in [1.807, 2.05) is 26.8 Å². The summed E-state index contributed by atoms with van der Waals surface area (Å²) in [5, 5.41) is 0. The fourth-order valence-corrected chi connectivity index (χ4v) is 2.87. The van der Waals surface area contributed by atoms with Crippen molar-refractivity contribution in [2.24, 2.45) is 0 Å². The Morgan fingerprint density at radius 1 is 1.29 bits per heavy atom. The molecule has 5 heteroatoms. The lowest BCUT2D eigenvalue weighted by Gasteiger charge is -2.14. The monoisotopic (exact) mass is 256 g/mol. The van der Waals surface area contributed by atoms with Gasteiger partial charge in [0.05, 0.1) is 17.1 Å². The van der Waals surface area contributed by atoms with Crippen LogP contribution in [0.2, 0.25) is 0 Å². The van der Waals surface area contributed by atoms with Gasteiger partial charge in [-0.3, -0.25) is 4.72 Å². The van der Waals surface area contributed by atoms with Crippen molar-refractivity contribution in [2.75, 3.05) is 16.2 Å². The average Bonchev–Trinajstić information content (AvgIpc) is 2.27. The molecule has 3 N–H and O–H groups in total. The first-order valence-electron chi connectivity index (χ1n) is 5.73. The van der Waals surface area contributed by atoms with Crippen LogP contribution in [0.5, 0.6) is 0 Å². The van der Waals surface area contributed by atoms with Gasteiger partial charge < -0.3 is 5.73 Å². The first-order valence-corrected chi connectivity index (χ1v) is 7.38. The Balaban J connectivity index is 2.99. The summed E-state index contributed by atoms with van der Waals surface area (Å²) in [6, 6.07) is 3.61. The maximum Gasteiger partial charge on any atom is 0.232 e. The average molecular weight is 256 g/mol. The number of nitrogens with one attached hydrogen (secondary N) is 1. The lowest BCUT2D eigenvalue weighted by Crippen LogP contribution is -2.18. The standard InChI is InChI=1S/C12H20N2O2S/c1-4-5-8-17(15,16)14-12-10(3)9(2)6-7-11(12)13/h6-7,14H,4-5,8,13H2,1-3H3. The number of hydrogen-bond acceptors (Lipinski definition) is 3. The molecule has 4 nitrogen and oxygen atoms in total. The van der Waals surface area contributed by atoms with Gasteiger partial charge in [-0.1, -0.05) is 19.4 Å². The fraction of sp³-hybridized carbons (Fsp3) is 0.500. The number of aryl methyl sites for hydroxylation is 1. The number of anilines is 2. The number of hydrogen-bond donors (Lipinski definition) is 2. The first-order chi connectivity index (χ1) is 7.87. The second kappa shape index (κ2) is 5.40. The highest BCUT2D eigenvalue weighted by atomic mass is 32.2. The zero-order valence-electron chi connectivity index (χ0n) is 10.6. The lowest BCUT2D eigenvalue weighted by atomic mass is 10.1.